The fraction of sp³-hybridized carbons (Fsp3) is 0.125. The molecule has 7 heteroatoms. The molecule has 0 aliphatic carbocycles. The van der Waals surface area contributed by atoms with Crippen LogP contribution in [0.2, 0.25) is 10.0 Å². The molecule has 0 fully saturated rings. The molecule has 0 aliphatic rings. The number of hydrogen-bond acceptors (Lipinski definition) is 5. The highest BCUT2D eigenvalue weighted by molar-refractivity contribution is 7.09. The molecule has 0 atom stereocenters. The van der Waals surface area contributed by atoms with E-state index in [0.29, 0.717) is 23.7 Å². The van der Waals surface area contributed by atoms with Gasteiger partial charge in [-0.2, -0.15) is 0 Å². The number of nitrogens with zero attached hydrogens (tertiary/aromatic N) is 2. The predicted octanol–water partition coefficient (Wildman–Crippen LogP) is 4.84. The molecular weight excluding hydrogens is 355 g/mol. The second-order valence-electron chi connectivity index (χ2n) is 4.72. The van der Waals surface area contributed by atoms with E-state index in [1.807, 2.05) is 11.4 Å². The summed E-state index contributed by atoms with van der Waals surface area (Å²) in [5.74, 6) is 0.319. The maximum Gasteiger partial charge on any atom is 0.233 e. The van der Waals surface area contributed by atoms with E-state index in [2.05, 4.69) is 16.3 Å². The van der Waals surface area contributed by atoms with Crippen LogP contribution in [0, 0.1) is 0 Å². The number of hydrogen-bond donors (Lipinski definition) is 1. The van der Waals surface area contributed by atoms with Gasteiger partial charge in [0.15, 0.2) is 5.75 Å². The number of phenols is 1. The molecular formula is C16H12Cl2N2O2S. The van der Waals surface area contributed by atoms with Crippen molar-refractivity contribution in [2.75, 3.05) is 6.61 Å². The molecule has 0 spiro atoms. The molecule has 3 aromatic rings. The van der Waals surface area contributed by atoms with Crippen molar-refractivity contribution in [2.45, 2.75) is 6.42 Å². The fourth-order valence-corrected chi connectivity index (χ4v) is 3.15. The third-order valence-electron chi connectivity index (χ3n) is 3.13. The summed E-state index contributed by atoms with van der Waals surface area (Å²) >= 11 is 13.5. The Balaban J connectivity index is 1.67. The quantitative estimate of drug-likeness (QED) is 0.701. The maximum atomic E-state index is 9.58. The van der Waals surface area contributed by atoms with Gasteiger partial charge in [0.05, 0.1) is 22.3 Å². The summed E-state index contributed by atoms with van der Waals surface area (Å²) < 4.78 is 5.58. The van der Waals surface area contributed by atoms with Gasteiger partial charge in [0.1, 0.15) is 0 Å². The molecule has 118 valence electrons. The zero-order chi connectivity index (χ0) is 16.2. The predicted molar refractivity (Wildman–Crippen MR) is 92.7 cm³/mol. The van der Waals surface area contributed by atoms with Crippen LogP contribution in [0.15, 0.2) is 41.8 Å². The molecule has 2 heterocycles. The van der Waals surface area contributed by atoms with Crippen LogP contribution in [0.4, 0.5) is 0 Å². The van der Waals surface area contributed by atoms with Crippen LogP contribution in [-0.2, 0) is 6.42 Å². The van der Waals surface area contributed by atoms with Gasteiger partial charge in [-0.3, -0.25) is 0 Å². The van der Waals surface area contributed by atoms with E-state index < -0.39 is 0 Å². The molecule has 0 aliphatic heterocycles. The van der Waals surface area contributed by atoms with Gasteiger partial charge in [-0.1, -0.05) is 29.3 Å². The lowest BCUT2D eigenvalue weighted by Crippen LogP contribution is -2.02. The first kappa shape index (κ1) is 16.1. The standard InChI is InChI=1S/C16H12Cl2N2O2S/c17-12-8-10(9-13(18)16(12)21)14-3-4-15(20-19-14)22-6-5-11-2-1-7-23-11/h1-4,7-9,21H,5-6H2. The SMILES string of the molecule is Oc1c(Cl)cc(-c2ccc(OCCc3cccs3)nn2)cc1Cl. The normalized spacial score (nSPS) is 10.7. The van der Waals surface area contributed by atoms with Gasteiger partial charge in [0.25, 0.3) is 0 Å². The number of halogens is 2. The number of aromatic hydroxyl groups is 1. The number of aromatic nitrogens is 2. The first-order chi connectivity index (χ1) is 11.1. The van der Waals surface area contributed by atoms with Crippen LogP contribution in [0.5, 0.6) is 11.6 Å². The maximum absolute atomic E-state index is 9.58. The Morgan fingerprint density at radius 3 is 2.48 bits per heavy atom. The number of phenolic OH excluding ortho intramolecular Hbond substituents is 1. The van der Waals surface area contributed by atoms with Gasteiger partial charge >= 0.3 is 0 Å². The summed E-state index contributed by atoms with van der Waals surface area (Å²) in [6, 6.07) is 10.8. The van der Waals surface area contributed by atoms with E-state index in [4.69, 9.17) is 27.9 Å². The first-order valence-corrected chi connectivity index (χ1v) is 8.44. The summed E-state index contributed by atoms with van der Waals surface area (Å²) in [5.41, 5.74) is 1.27. The molecule has 0 bridgehead atoms. The van der Waals surface area contributed by atoms with Gasteiger partial charge in [0.2, 0.25) is 5.88 Å². The lowest BCUT2D eigenvalue weighted by molar-refractivity contribution is 0.307. The molecule has 1 N–H and O–H groups in total. The Kier molecular flexibility index (Phi) is 5.00. The molecule has 0 radical (unpaired) electrons. The van der Waals surface area contributed by atoms with E-state index in [0.717, 1.165) is 6.42 Å². The largest absolute Gasteiger partial charge is 0.505 e. The average molecular weight is 367 g/mol. The lowest BCUT2D eigenvalue weighted by Gasteiger charge is -2.06. The summed E-state index contributed by atoms with van der Waals surface area (Å²) in [7, 11) is 0. The minimum absolute atomic E-state index is 0.140. The van der Waals surface area contributed by atoms with Gasteiger partial charge in [-0.15, -0.1) is 21.5 Å². The van der Waals surface area contributed by atoms with Crippen LogP contribution < -0.4 is 4.74 Å². The van der Waals surface area contributed by atoms with Crippen LogP contribution in [0.25, 0.3) is 11.3 Å². The Morgan fingerprint density at radius 1 is 1.09 bits per heavy atom. The topological polar surface area (TPSA) is 55.2 Å². The van der Waals surface area contributed by atoms with E-state index in [9.17, 15) is 5.11 Å². The highest BCUT2D eigenvalue weighted by Crippen LogP contribution is 2.35. The smallest absolute Gasteiger partial charge is 0.233 e. The lowest BCUT2D eigenvalue weighted by atomic mass is 10.1. The van der Waals surface area contributed by atoms with Crippen LogP contribution >= 0.6 is 34.5 Å². The zero-order valence-electron chi connectivity index (χ0n) is 11.9. The summed E-state index contributed by atoms with van der Waals surface area (Å²) in [5, 5.41) is 20.1. The van der Waals surface area contributed by atoms with Gasteiger partial charge in [-0.25, -0.2) is 0 Å². The van der Waals surface area contributed by atoms with Crippen molar-refractivity contribution in [2.24, 2.45) is 0 Å². The fourth-order valence-electron chi connectivity index (χ4n) is 1.98. The molecule has 3 rings (SSSR count). The van der Waals surface area contributed by atoms with Crippen molar-refractivity contribution >= 4 is 34.5 Å². The minimum atomic E-state index is -0.140. The van der Waals surface area contributed by atoms with Gasteiger partial charge in [0, 0.05) is 22.9 Å². The monoisotopic (exact) mass is 366 g/mol. The number of ether oxygens (including phenoxy) is 1. The summed E-state index contributed by atoms with van der Waals surface area (Å²) in [6.45, 7) is 0.547. The Labute approximate surface area is 147 Å². The van der Waals surface area contributed by atoms with E-state index >= 15 is 0 Å². The molecule has 0 amide bonds. The second-order valence-corrected chi connectivity index (χ2v) is 6.57. The van der Waals surface area contributed by atoms with Crippen molar-refractivity contribution in [3.8, 4) is 22.9 Å². The summed E-state index contributed by atoms with van der Waals surface area (Å²) in [4.78, 5) is 1.27. The third kappa shape index (κ3) is 3.93. The number of benzene rings is 1. The van der Waals surface area contributed by atoms with Crippen molar-refractivity contribution in [1.82, 2.24) is 10.2 Å². The molecule has 1 aromatic carbocycles. The van der Waals surface area contributed by atoms with E-state index in [1.165, 1.54) is 4.88 Å². The molecule has 0 unspecified atom stereocenters. The zero-order valence-corrected chi connectivity index (χ0v) is 14.2. The van der Waals surface area contributed by atoms with Crippen molar-refractivity contribution in [3.05, 3.63) is 56.7 Å². The van der Waals surface area contributed by atoms with Crippen molar-refractivity contribution < 1.29 is 9.84 Å². The Bertz CT molecular complexity index is 769. The molecule has 0 saturated carbocycles. The molecule has 0 saturated heterocycles. The molecule has 23 heavy (non-hydrogen) atoms. The van der Waals surface area contributed by atoms with E-state index in [1.54, 1.807) is 35.6 Å². The van der Waals surface area contributed by atoms with Crippen LogP contribution in [0.1, 0.15) is 4.88 Å². The van der Waals surface area contributed by atoms with Crippen LogP contribution in [-0.4, -0.2) is 21.9 Å². The summed E-state index contributed by atoms with van der Waals surface area (Å²) in [6.07, 6.45) is 0.838. The van der Waals surface area contributed by atoms with Gasteiger partial charge in [-0.05, 0) is 29.6 Å². The Morgan fingerprint density at radius 2 is 1.87 bits per heavy atom. The molecule has 4 nitrogen and oxygen atoms in total. The number of rotatable bonds is 5. The highest BCUT2D eigenvalue weighted by atomic mass is 35.5. The number of thiophene rings is 1. The van der Waals surface area contributed by atoms with E-state index in [-0.39, 0.29) is 15.8 Å². The Hall–Kier alpha value is -1.82. The second kappa shape index (κ2) is 7.17. The molecule has 2 aromatic heterocycles. The first-order valence-electron chi connectivity index (χ1n) is 6.81. The van der Waals surface area contributed by atoms with Gasteiger partial charge < -0.3 is 9.84 Å². The van der Waals surface area contributed by atoms with Crippen molar-refractivity contribution in [1.29, 1.82) is 0 Å². The van der Waals surface area contributed by atoms with Crippen LogP contribution in [0.3, 0.4) is 0 Å². The third-order valence-corrected chi connectivity index (χ3v) is 4.64. The average Bonchev–Trinajstić information content (AvgIpc) is 3.06. The highest BCUT2D eigenvalue weighted by Gasteiger charge is 2.09. The minimum Gasteiger partial charge on any atom is -0.505 e. The van der Waals surface area contributed by atoms with Crippen molar-refractivity contribution in [3.63, 3.8) is 0 Å².